The molecule has 118 valence electrons. The summed E-state index contributed by atoms with van der Waals surface area (Å²) in [7, 11) is 3.14. The average molecular weight is 306 g/mol. The van der Waals surface area contributed by atoms with Crippen LogP contribution in [0.15, 0.2) is 30.1 Å². The Labute approximate surface area is 128 Å². The minimum absolute atomic E-state index is 0.0180. The Kier molecular flexibility index (Phi) is 5.28. The van der Waals surface area contributed by atoms with E-state index >= 15 is 0 Å². The van der Waals surface area contributed by atoms with Crippen molar-refractivity contribution in [1.29, 1.82) is 0 Å². The third-order valence-corrected chi connectivity index (χ3v) is 2.87. The number of hydrogen-bond acceptors (Lipinski definition) is 4. The van der Waals surface area contributed by atoms with E-state index in [-0.39, 0.29) is 10.5 Å². The van der Waals surface area contributed by atoms with Crippen molar-refractivity contribution < 1.29 is 24.6 Å². The Hall–Kier alpha value is -2.83. The summed E-state index contributed by atoms with van der Waals surface area (Å²) in [5.41, 5.74) is 1.27. The summed E-state index contributed by atoms with van der Waals surface area (Å²) in [4.78, 5) is 36.4. The van der Waals surface area contributed by atoms with Gasteiger partial charge in [0.1, 0.15) is 5.70 Å². The van der Waals surface area contributed by atoms with Crippen molar-refractivity contribution in [2.24, 2.45) is 0 Å². The molecule has 1 aromatic carbocycles. The highest BCUT2D eigenvalue weighted by Gasteiger charge is 2.31. The lowest BCUT2D eigenvalue weighted by atomic mass is 10.00. The molecule has 0 bridgehead atoms. The number of carbonyl (C=O) groups is 3. The van der Waals surface area contributed by atoms with Gasteiger partial charge in [-0.1, -0.05) is 17.7 Å². The van der Waals surface area contributed by atoms with Crippen LogP contribution in [0, 0.1) is 13.8 Å². The van der Waals surface area contributed by atoms with Gasteiger partial charge in [-0.15, -0.1) is 0 Å². The largest absolute Gasteiger partial charge is 0.464 e. The van der Waals surface area contributed by atoms with E-state index in [2.05, 4.69) is 0 Å². The van der Waals surface area contributed by atoms with Crippen LogP contribution in [0.1, 0.15) is 21.5 Å². The molecule has 0 atom stereocenters. The Bertz CT molecular complexity index is 635. The number of hydrogen-bond donors (Lipinski definition) is 2. The first-order valence-electron chi connectivity index (χ1n) is 6.41. The van der Waals surface area contributed by atoms with Crippen molar-refractivity contribution in [3.8, 4) is 0 Å². The Morgan fingerprint density at radius 2 is 1.59 bits per heavy atom. The number of aryl methyl sites for hydroxylation is 2. The van der Waals surface area contributed by atoms with Gasteiger partial charge in [0, 0.05) is 25.9 Å². The Morgan fingerprint density at radius 3 is 2.05 bits per heavy atom. The number of allylic oxidation sites excluding steroid dienone is 1. The van der Waals surface area contributed by atoms with Crippen LogP contribution in [-0.4, -0.2) is 52.1 Å². The molecule has 2 amide bonds. The molecular weight excluding hydrogens is 288 g/mol. The van der Waals surface area contributed by atoms with Crippen molar-refractivity contribution in [2.45, 2.75) is 13.8 Å². The fourth-order valence-corrected chi connectivity index (χ4v) is 1.87. The summed E-state index contributed by atoms with van der Waals surface area (Å²) < 4.78 is 0. The smallest absolute Gasteiger partial charge is 0.421 e. The quantitative estimate of drug-likeness (QED) is 0.655. The predicted molar refractivity (Wildman–Crippen MR) is 79.9 cm³/mol. The number of rotatable bonds is 4. The van der Waals surface area contributed by atoms with E-state index in [1.54, 1.807) is 40.1 Å². The molecule has 0 fully saturated rings. The van der Waals surface area contributed by atoms with E-state index < -0.39 is 23.7 Å². The van der Waals surface area contributed by atoms with Gasteiger partial charge in [0.25, 0.3) is 0 Å². The zero-order valence-corrected chi connectivity index (χ0v) is 12.8. The van der Waals surface area contributed by atoms with E-state index in [4.69, 9.17) is 10.2 Å². The highest BCUT2D eigenvalue weighted by atomic mass is 16.4. The van der Waals surface area contributed by atoms with E-state index in [1.165, 1.54) is 11.1 Å². The standard InChI is InChI=1S/C15H18N2O5/c1-9-5-6-10(2)11(7-9)13(18)12(8-16(3)4)17(14(19)20)15(21)22/h5-8H,1-4H3,(H,19,20)(H,21,22). The molecule has 0 aliphatic heterocycles. The van der Waals surface area contributed by atoms with E-state index in [0.29, 0.717) is 5.56 Å². The first-order chi connectivity index (χ1) is 10.1. The summed E-state index contributed by atoms with van der Waals surface area (Å²) in [5.74, 6) is -0.667. The van der Waals surface area contributed by atoms with Crippen LogP contribution in [0.3, 0.4) is 0 Å². The third kappa shape index (κ3) is 3.85. The molecule has 22 heavy (non-hydrogen) atoms. The van der Waals surface area contributed by atoms with Crippen LogP contribution in [0.25, 0.3) is 0 Å². The Balaban J connectivity index is 3.46. The van der Waals surface area contributed by atoms with Crippen molar-refractivity contribution in [3.05, 3.63) is 46.8 Å². The molecule has 1 aromatic rings. The van der Waals surface area contributed by atoms with Crippen molar-refractivity contribution >= 4 is 18.0 Å². The summed E-state index contributed by atoms with van der Waals surface area (Å²) in [5, 5.41) is 18.2. The molecule has 0 aliphatic carbocycles. The van der Waals surface area contributed by atoms with E-state index in [0.717, 1.165) is 5.56 Å². The number of benzene rings is 1. The third-order valence-electron chi connectivity index (χ3n) is 2.87. The summed E-state index contributed by atoms with van der Waals surface area (Å²) in [6.45, 7) is 3.49. The lowest BCUT2D eigenvalue weighted by Gasteiger charge is -2.19. The molecule has 0 radical (unpaired) electrons. The second-order valence-corrected chi connectivity index (χ2v) is 5.03. The number of carboxylic acid groups (broad SMARTS) is 2. The minimum Gasteiger partial charge on any atom is -0.464 e. The predicted octanol–water partition coefficient (Wildman–Crippen LogP) is 2.55. The molecule has 0 aromatic heterocycles. The van der Waals surface area contributed by atoms with Gasteiger partial charge in [-0.3, -0.25) is 4.79 Å². The summed E-state index contributed by atoms with van der Waals surface area (Å²) in [6, 6.07) is 5.14. The van der Waals surface area contributed by atoms with Gasteiger partial charge in [-0.2, -0.15) is 4.90 Å². The lowest BCUT2D eigenvalue weighted by molar-refractivity contribution is 0.0953. The van der Waals surface area contributed by atoms with Gasteiger partial charge in [0.2, 0.25) is 5.78 Å². The maximum absolute atomic E-state index is 12.6. The van der Waals surface area contributed by atoms with Crippen LogP contribution < -0.4 is 0 Å². The molecule has 0 saturated carbocycles. The highest BCUT2D eigenvalue weighted by Crippen LogP contribution is 2.19. The average Bonchev–Trinajstić information content (AvgIpc) is 2.38. The molecule has 0 aliphatic rings. The maximum atomic E-state index is 12.6. The minimum atomic E-state index is -1.74. The second-order valence-electron chi connectivity index (χ2n) is 5.03. The fraction of sp³-hybridized carbons (Fsp3) is 0.267. The molecule has 0 saturated heterocycles. The zero-order valence-electron chi connectivity index (χ0n) is 12.8. The summed E-state index contributed by atoms with van der Waals surface area (Å²) >= 11 is 0. The topological polar surface area (TPSA) is 98.2 Å². The van der Waals surface area contributed by atoms with Crippen molar-refractivity contribution in [2.75, 3.05) is 14.1 Å². The highest BCUT2D eigenvalue weighted by molar-refractivity contribution is 6.13. The first kappa shape index (κ1) is 17.2. The van der Waals surface area contributed by atoms with Crippen LogP contribution in [0.2, 0.25) is 0 Å². The molecule has 0 spiro atoms. The van der Waals surface area contributed by atoms with Crippen LogP contribution in [0.4, 0.5) is 9.59 Å². The lowest BCUT2D eigenvalue weighted by Crippen LogP contribution is -2.37. The first-order valence-corrected chi connectivity index (χ1v) is 6.41. The molecule has 0 unspecified atom stereocenters. The SMILES string of the molecule is Cc1ccc(C)c(C(=O)C(=CN(C)C)N(C(=O)O)C(=O)O)c1. The zero-order chi connectivity index (χ0) is 17.0. The number of Topliss-reactive ketones (excluding diaryl/α,β-unsaturated/α-hetero) is 1. The van der Waals surface area contributed by atoms with Gasteiger partial charge in [0.05, 0.1) is 0 Å². The van der Waals surface area contributed by atoms with Gasteiger partial charge in [-0.25, -0.2) is 9.59 Å². The number of ketones is 1. The van der Waals surface area contributed by atoms with Crippen LogP contribution >= 0.6 is 0 Å². The molecule has 1 rings (SSSR count). The normalized spacial score (nSPS) is 11.0. The summed E-state index contributed by atoms with van der Waals surface area (Å²) in [6.07, 6.45) is -2.30. The van der Waals surface area contributed by atoms with Gasteiger partial charge < -0.3 is 15.1 Å². The number of carbonyl (C=O) groups excluding carboxylic acids is 1. The van der Waals surface area contributed by atoms with Gasteiger partial charge >= 0.3 is 12.2 Å². The number of nitrogens with zero attached hydrogens (tertiary/aromatic N) is 2. The fourth-order valence-electron chi connectivity index (χ4n) is 1.87. The maximum Gasteiger partial charge on any atom is 0.421 e. The number of imide groups is 1. The van der Waals surface area contributed by atoms with Gasteiger partial charge in [0.15, 0.2) is 0 Å². The molecular formula is C15H18N2O5. The van der Waals surface area contributed by atoms with Crippen LogP contribution in [0.5, 0.6) is 0 Å². The molecule has 7 heteroatoms. The molecule has 7 nitrogen and oxygen atoms in total. The monoisotopic (exact) mass is 306 g/mol. The van der Waals surface area contributed by atoms with E-state index in [1.807, 2.05) is 6.07 Å². The van der Waals surface area contributed by atoms with Crippen LogP contribution in [-0.2, 0) is 0 Å². The molecule has 0 heterocycles. The number of amides is 2. The van der Waals surface area contributed by atoms with E-state index in [9.17, 15) is 14.4 Å². The van der Waals surface area contributed by atoms with Gasteiger partial charge in [-0.05, 0) is 25.5 Å². The van der Waals surface area contributed by atoms with Crippen molar-refractivity contribution in [1.82, 2.24) is 9.80 Å². The Morgan fingerprint density at radius 1 is 1.05 bits per heavy atom. The molecule has 2 N–H and O–H groups in total. The van der Waals surface area contributed by atoms with Crippen molar-refractivity contribution in [3.63, 3.8) is 0 Å². The second kappa shape index (κ2) is 6.75.